The lowest BCUT2D eigenvalue weighted by molar-refractivity contribution is -0.113. The van der Waals surface area contributed by atoms with E-state index in [1.807, 2.05) is 18.2 Å². The SMILES string of the molecule is CCc1ccc(C2CCc3cc(Oc4ccc(NC(=O)CCl)cn4)ccc3O2)cc1. The zero-order valence-electron chi connectivity index (χ0n) is 16.7. The Labute approximate surface area is 181 Å². The molecule has 2 heterocycles. The van der Waals surface area contributed by atoms with E-state index >= 15 is 0 Å². The average Bonchev–Trinajstić information content (AvgIpc) is 2.80. The Morgan fingerprint density at radius 3 is 2.73 bits per heavy atom. The normalized spacial score (nSPS) is 15.1. The Bertz CT molecular complexity index is 1020. The molecule has 1 aliphatic rings. The number of rotatable bonds is 6. The van der Waals surface area contributed by atoms with Gasteiger partial charge in [0.2, 0.25) is 11.8 Å². The summed E-state index contributed by atoms with van der Waals surface area (Å²) in [6, 6.07) is 17.9. The largest absolute Gasteiger partial charge is 0.485 e. The highest BCUT2D eigenvalue weighted by molar-refractivity contribution is 6.29. The molecule has 0 spiro atoms. The Balaban J connectivity index is 1.41. The number of nitrogens with one attached hydrogen (secondary N) is 1. The van der Waals surface area contributed by atoms with Gasteiger partial charge < -0.3 is 14.8 Å². The number of aryl methyl sites for hydroxylation is 2. The number of pyridine rings is 1. The van der Waals surface area contributed by atoms with Gasteiger partial charge in [0, 0.05) is 6.07 Å². The van der Waals surface area contributed by atoms with Crippen LogP contribution in [0.25, 0.3) is 0 Å². The molecular weight excluding hydrogens is 400 g/mol. The summed E-state index contributed by atoms with van der Waals surface area (Å²) in [6.45, 7) is 2.16. The van der Waals surface area contributed by atoms with E-state index in [0.717, 1.165) is 30.6 Å². The molecule has 5 nitrogen and oxygen atoms in total. The van der Waals surface area contributed by atoms with Crippen molar-refractivity contribution >= 4 is 23.2 Å². The second-order valence-corrected chi connectivity index (χ2v) is 7.45. The molecule has 0 saturated heterocycles. The number of amides is 1. The summed E-state index contributed by atoms with van der Waals surface area (Å²) in [6.07, 6.45) is 4.50. The van der Waals surface area contributed by atoms with Crippen molar-refractivity contribution < 1.29 is 14.3 Å². The fraction of sp³-hybridized carbons (Fsp3) is 0.250. The lowest BCUT2D eigenvalue weighted by Crippen LogP contribution is -2.15. The van der Waals surface area contributed by atoms with Gasteiger partial charge in [-0.3, -0.25) is 4.79 Å². The highest BCUT2D eigenvalue weighted by Crippen LogP contribution is 2.37. The molecule has 1 unspecified atom stereocenters. The lowest BCUT2D eigenvalue weighted by Gasteiger charge is -2.27. The van der Waals surface area contributed by atoms with Crippen molar-refractivity contribution in [2.24, 2.45) is 0 Å². The number of hydrogen-bond donors (Lipinski definition) is 1. The maximum absolute atomic E-state index is 11.3. The molecule has 2 aromatic carbocycles. The average molecular weight is 423 g/mol. The molecule has 0 saturated carbocycles. The van der Waals surface area contributed by atoms with E-state index in [2.05, 4.69) is 41.5 Å². The summed E-state index contributed by atoms with van der Waals surface area (Å²) in [5.74, 6) is 1.67. The third kappa shape index (κ3) is 4.74. The van der Waals surface area contributed by atoms with Gasteiger partial charge in [0.15, 0.2) is 0 Å². The molecule has 0 bridgehead atoms. The van der Waals surface area contributed by atoms with Gasteiger partial charge in [0.1, 0.15) is 23.5 Å². The van der Waals surface area contributed by atoms with Crippen LogP contribution in [0, 0.1) is 0 Å². The van der Waals surface area contributed by atoms with Gasteiger partial charge >= 0.3 is 0 Å². The first-order chi connectivity index (χ1) is 14.6. The van der Waals surface area contributed by atoms with Crippen LogP contribution in [0.5, 0.6) is 17.4 Å². The van der Waals surface area contributed by atoms with Gasteiger partial charge in [0.25, 0.3) is 0 Å². The number of anilines is 1. The van der Waals surface area contributed by atoms with Crippen molar-refractivity contribution in [3.05, 3.63) is 77.5 Å². The molecule has 1 N–H and O–H groups in total. The van der Waals surface area contributed by atoms with E-state index in [0.29, 0.717) is 17.3 Å². The number of hydrogen-bond acceptors (Lipinski definition) is 4. The number of fused-ring (bicyclic) bond motifs is 1. The fourth-order valence-corrected chi connectivity index (χ4v) is 3.53. The molecule has 0 fully saturated rings. The van der Waals surface area contributed by atoms with Crippen LogP contribution in [-0.2, 0) is 17.6 Å². The van der Waals surface area contributed by atoms with Gasteiger partial charge in [-0.05, 0) is 60.2 Å². The number of benzene rings is 2. The smallest absolute Gasteiger partial charge is 0.239 e. The highest BCUT2D eigenvalue weighted by Gasteiger charge is 2.22. The quantitative estimate of drug-likeness (QED) is 0.519. The van der Waals surface area contributed by atoms with E-state index in [9.17, 15) is 4.79 Å². The number of ether oxygens (including phenoxy) is 2. The molecule has 3 aromatic rings. The van der Waals surface area contributed by atoms with E-state index in [1.165, 1.54) is 17.3 Å². The van der Waals surface area contributed by atoms with Crippen LogP contribution >= 0.6 is 11.6 Å². The van der Waals surface area contributed by atoms with Crippen molar-refractivity contribution in [3.8, 4) is 17.4 Å². The predicted octanol–water partition coefficient (Wildman–Crippen LogP) is 5.68. The number of alkyl halides is 1. The number of halogens is 1. The molecule has 0 radical (unpaired) electrons. The van der Waals surface area contributed by atoms with Crippen molar-refractivity contribution in [1.82, 2.24) is 4.98 Å². The van der Waals surface area contributed by atoms with Gasteiger partial charge in [-0.25, -0.2) is 4.98 Å². The van der Waals surface area contributed by atoms with Crippen LogP contribution in [0.2, 0.25) is 0 Å². The summed E-state index contributed by atoms with van der Waals surface area (Å²) in [4.78, 5) is 15.5. The Morgan fingerprint density at radius 1 is 1.20 bits per heavy atom. The van der Waals surface area contributed by atoms with Crippen molar-refractivity contribution in [2.75, 3.05) is 11.2 Å². The lowest BCUT2D eigenvalue weighted by atomic mass is 9.96. The van der Waals surface area contributed by atoms with Crippen LogP contribution in [-0.4, -0.2) is 16.8 Å². The van der Waals surface area contributed by atoms with Crippen LogP contribution < -0.4 is 14.8 Å². The van der Waals surface area contributed by atoms with E-state index in [-0.39, 0.29) is 17.9 Å². The van der Waals surface area contributed by atoms with Gasteiger partial charge in [-0.15, -0.1) is 11.6 Å². The molecule has 30 heavy (non-hydrogen) atoms. The van der Waals surface area contributed by atoms with E-state index in [4.69, 9.17) is 21.1 Å². The van der Waals surface area contributed by atoms with Crippen molar-refractivity contribution in [3.63, 3.8) is 0 Å². The molecule has 1 aliphatic heterocycles. The van der Waals surface area contributed by atoms with E-state index < -0.39 is 0 Å². The molecule has 1 amide bonds. The van der Waals surface area contributed by atoms with Crippen molar-refractivity contribution in [1.29, 1.82) is 0 Å². The van der Waals surface area contributed by atoms with Crippen LogP contribution in [0.1, 0.15) is 36.1 Å². The third-order valence-corrected chi connectivity index (χ3v) is 5.34. The second kappa shape index (κ2) is 9.18. The summed E-state index contributed by atoms with van der Waals surface area (Å²) in [7, 11) is 0. The summed E-state index contributed by atoms with van der Waals surface area (Å²) < 4.78 is 12.1. The first-order valence-electron chi connectivity index (χ1n) is 10.0. The summed E-state index contributed by atoms with van der Waals surface area (Å²) in [5.41, 5.74) is 4.24. The number of aromatic nitrogens is 1. The molecule has 1 aromatic heterocycles. The van der Waals surface area contributed by atoms with Crippen molar-refractivity contribution in [2.45, 2.75) is 32.3 Å². The summed E-state index contributed by atoms with van der Waals surface area (Å²) in [5, 5.41) is 2.64. The Kier molecular flexibility index (Phi) is 6.19. The van der Waals surface area contributed by atoms with Gasteiger partial charge in [-0.2, -0.15) is 0 Å². The Hall–Kier alpha value is -3.05. The highest BCUT2D eigenvalue weighted by atomic mass is 35.5. The first kappa shape index (κ1) is 20.2. The number of carbonyl (C=O) groups is 1. The molecule has 0 aliphatic carbocycles. The van der Waals surface area contributed by atoms with E-state index in [1.54, 1.807) is 12.1 Å². The molecular formula is C24H23ClN2O3. The Morgan fingerprint density at radius 2 is 2.03 bits per heavy atom. The first-order valence-corrected chi connectivity index (χ1v) is 10.6. The van der Waals surface area contributed by atoms with Gasteiger partial charge in [0.05, 0.1) is 11.9 Å². The standard InChI is InChI=1S/C24H23ClN2O3/c1-2-16-3-5-17(6-4-16)21-10-7-18-13-20(9-11-22(18)30-21)29-24-12-8-19(15-26-24)27-23(28)14-25/h3-6,8-9,11-13,15,21H,2,7,10,14H2,1H3,(H,27,28). The zero-order chi connectivity index (χ0) is 20.9. The third-order valence-electron chi connectivity index (χ3n) is 5.10. The molecule has 154 valence electrons. The minimum absolute atomic E-state index is 0.0765. The van der Waals surface area contributed by atoms with Crippen LogP contribution in [0.3, 0.4) is 0 Å². The number of carbonyl (C=O) groups excluding carboxylic acids is 1. The maximum atomic E-state index is 11.3. The summed E-state index contributed by atoms with van der Waals surface area (Å²) >= 11 is 5.49. The predicted molar refractivity (Wildman–Crippen MR) is 118 cm³/mol. The molecule has 6 heteroatoms. The van der Waals surface area contributed by atoms with Crippen LogP contribution in [0.4, 0.5) is 5.69 Å². The van der Waals surface area contributed by atoms with Gasteiger partial charge in [-0.1, -0.05) is 31.2 Å². The zero-order valence-corrected chi connectivity index (χ0v) is 17.5. The minimum Gasteiger partial charge on any atom is -0.485 e. The second-order valence-electron chi connectivity index (χ2n) is 7.18. The number of nitrogens with zero attached hydrogens (tertiary/aromatic N) is 1. The maximum Gasteiger partial charge on any atom is 0.239 e. The molecule has 4 rings (SSSR count). The molecule has 1 atom stereocenters. The monoisotopic (exact) mass is 422 g/mol. The van der Waals surface area contributed by atoms with Crippen LogP contribution in [0.15, 0.2) is 60.8 Å². The fourth-order valence-electron chi connectivity index (χ4n) is 3.46. The minimum atomic E-state index is -0.276. The topological polar surface area (TPSA) is 60.5 Å².